The van der Waals surface area contributed by atoms with Crippen LogP contribution in [0.15, 0.2) is 75.4 Å². The number of nitrogens with zero attached hydrogens (tertiary/aromatic N) is 2. The van der Waals surface area contributed by atoms with Crippen LogP contribution < -0.4 is 0 Å². The molecule has 1 N–H and O–H groups in total. The van der Waals surface area contributed by atoms with Crippen molar-refractivity contribution in [3.8, 4) is 5.75 Å². The molecule has 0 aliphatic heterocycles. The molecule has 0 fully saturated rings. The van der Waals surface area contributed by atoms with Gasteiger partial charge in [-0.3, -0.25) is 0 Å². The Morgan fingerprint density at radius 3 is 2.55 bits per heavy atom. The maximum absolute atomic E-state index is 9.74. The summed E-state index contributed by atoms with van der Waals surface area (Å²) in [7, 11) is 0. The second-order valence-corrected chi connectivity index (χ2v) is 5.28. The molecule has 0 aliphatic rings. The molecule has 0 spiro atoms. The van der Waals surface area contributed by atoms with Gasteiger partial charge in [0.15, 0.2) is 0 Å². The van der Waals surface area contributed by atoms with Gasteiger partial charge >= 0.3 is 0 Å². The summed E-state index contributed by atoms with van der Waals surface area (Å²) in [5, 5.41) is 20.1. The lowest BCUT2D eigenvalue weighted by atomic mass is 10.1. The van der Waals surface area contributed by atoms with Crippen LogP contribution in [0.3, 0.4) is 0 Å². The number of azo groups is 1. The van der Waals surface area contributed by atoms with E-state index in [4.69, 9.17) is 0 Å². The summed E-state index contributed by atoms with van der Waals surface area (Å²) < 4.78 is 0.953. The van der Waals surface area contributed by atoms with E-state index < -0.39 is 0 Å². The van der Waals surface area contributed by atoms with Gasteiger partial charge in [0, 0.05) is 15.9 Å². The first-order chi connectivity index (χ1) is 9.72. The largest absolute Gasteiger partial charge is 0.508 e. The first kappa shape index (κ1) is 12.8. The van der Waals surface area contributed by atoms with Gasteiger partial charge in [0.2, 0.25) is 0 Å². The fraction of sp³-hybridized carbons (Fsp3) is 0. The minimum absolute atomic E-state index is 0.187. The van der Waals surface area contributed by atoms with Gasteiger partial charge in [-0.25, -0.2) is 0 Å². The summed E-state index contributed by atoms with van der Waals surface area (Å²) in [6.07, 6.45) is 0. The summed E-state index contributed by atoms with van der Waals surface area (Å²) in [4.78, 5) is 0. The fourth-order valence-corrected chi connectivity index (χ4v) is 2.39. The van der Waals surface area contributed by atoms with Crippen LogP contribution >= 0.6 is 15.9 Å². The number of phenolic OH excluding ortho intramolecular Hbond substituents is 1. The van der Waals surface area contributed by atoms with E-state index in [1.807, 2.05) is 48.5 Å². The van der Waals surface area contributed by atoms with Crippen molar-refractivity contribution in [1.82, 2.24) is 0 Å². The standard InChI is InChI=1S/C16H11BrN2O/c17-12-5-3-6-13(9-12)18-19-16-10-14(20)8-11-4-1-2-7-15(11)16/h1-10,20H. The molecule has 0 saturated heterocycles. The van der Waals surface area contributed by atoms with E-state index in [-0.39, 0.29) is 5.75 Å². The quantitative estimate of drug-likeness (QED) is 0.601. The van der Waals surface area contributed by atoms with Crippen molar-refractivity contribution >= 4 is 38.1 Å². The molecule has 4 heteroatoms. The topological polar surface area (TPSA) is 45.0 Å². The Morgan fingerprint density at radius 1 is 0.850 bits per heavy atom. The molecular formula is C16H11BrN2O. The van der Waals surface area contributed by atoms with Crippen LogP contribution in [0.4, 0.5) is 11.4 Å². The number of phenols is 1. The second-order valence-electron chi connectivity index (χ2n) is 4.37. The third kappa shape index (κ3) is 2.70. The van der Waals surface area contributed by atoms with Crippen LogP contribution in [0.2, 0.25) is 0 Å². The molecule has 0 saturated carbocycles. The number of halogens is 1. The van der Waals surface area contributed by atoms with Crippen LogP contribution in [-0.2, 0) is 0 Å². The number of hydrogen-bond donors (Lipinski definition) is 1. The first-order valence-electron chi connectivity index (χ1n) is 6.11. The van der Waals surface area contributed by atoms with Gasteiger partial charge in [0.1, 0.15) is 5.75 Å². The van der Waals surface area contributed by atoms with Crippen molar-refractivity contribution in [1.29, 1.82) is 0 Å². The molecule has 3 rings (SSSR count). The van der Waals surface area contributed by atoms with Crippen LogP contribution in [0.1, 0.15) is 0 Å². The highest BCUT2D eigenvalue weighted by molar-refractivity contribution is 9.10. The molecule has 3 aromatic carbocycles. The maximum atomic E-state index is 9.74. The highest BCUT2D eigenvalue weighted by atomic mass is 79.9. The van der Waals surface area contributed by atoms with E-state index in [0.717, 1.165) is 20.9 Å². The average Bonchev–Trinajstić information content (AvgIpc) is 2.44. The lowest BCUT2D eigenvalue weighted by Crippen LogP contribution is -1.74. The molecule has 3 aromatic rings. The Kier molecular flexibility index (Phi) is 3.48. The zero-order valence-corrected chi connectivity index (χ0v) is 12.1. The smallest absolute Gasteiger partial charge is 0.118 e. The van der Waals surface area contributed by atoms with Crippen molar-refractivity contribution in [3.05, 3.63) is 65.1 Å². The van der Waals surface area contributed by atoms with E-state index in [9.17, 15) is 5.11 Å². The van der Waals surface area contributed by atoms with Gasteiger partial charge in [-0.15, -0.1) is 5.11 Å². The molecule has 0 amide bonds. The fourth-order valence-electron chi connectivity index (χ4n) is 2.01. The molecule has 0 aliphatic carbocycles. The predicted molar refractivity (Wildman–Crippen MR) is 83.9 cm³/mol. The molecule has 20 heavy (non-hydrogen) atoms. The number of benzene rings is 3. The monoisotopic (exact) mass is 326 g/mol. The normalized spacial score (nSPS) is 11.2. The van der Waals surface area contributed by atoms with E-state index in [2.05, 4.69) is 26.2 Å². The molecule has 0 heterocycles. The van der Waals surface area contributed by atoms with E-state index in [0.29, 0.717) is 5.69 Å². The van der Waals surface area contributed by atoms with Crippen LogP contribution in [0.5, 0.6) is 5.75 Å². The van der Waals surface area contributed by atoms with Gasteiger partial charge in [-0.2, -0.15) is 5.11 Å². The molecule has 98 valence electrons. The molecule has 0 bridgehead atoms. The lowest BCUT2D eigenvalue weighted by molar-refractivity contribution is 0.476. The Labute approximate surface area is 124 Å². The van der Waals surface area contributed by atoms with Crippen LogP contribution in [0.25, 0.3) is 10.8 Å². The molecular weight excluding hydrogens is 316 g/mol. The van der Waals surface area contributed by atoms with Gasteiger partial charge in [-0.05, 0) is 29.7 Å². The SMILES string of the molecule is Oc1cc(N=Nc2cccc(Br)c2)c2ccccc2c1. The number of aromatic hydroxyl groups is 1. The molecule has 0 radical (unpaired) electrons. The molecule has 0 atom stereocenters. The maximum Gasteiger partial charge on any atom is 0.118 e. The Bertz CT molecular complexity index is 799. The Morgan fingerprint density at radius 2 is 1.70 bits per heavy atom. The highest BCUT2D eigenvalue weighted by Crippen LogP contribution is 2.32. The summed E-state index contributed by atoms with van der Waals surface area (Å²) >= 11 is 3.40. The van der Waals surface area contributed by atoms with Crippen molar-refractivity contribution in [2.75, 3.05) is 0 Å². The number of rotatable bonds is 2. The summed E-state index contributed by atoms with van der Waals surface area (Å²) in [6, 6.07) is 18.7. The minimum Gasteiger partial charge on any atom is -0.508 e. The first-order valence-corrected chi connectivity index (χ1v) is 6.91. The average molecular weight is 327 g/mol. The van der Waals surface area contributed by atoms with Crippen LogP contribution in [0, 0.1) is 0 Å². The van der Waals surface area contributed by atoms with Crippen molar-refractivity contribution in [2.24, 2.45) is 10.2 Å². The summed E-state index contributed by atoms with van der Waals surface area (Å²) in [5.41, 5.74) is 1.41. The van der Waals surface area contributed by atoms with E-state index >= 15 is 0 Å². The summed E-state index contributed by atoms with van der Waals surface area (Å²) in [6.45, 7) is 0. The minimum atomic E-state index is 0.187. The second kappa shape index (κ2) is 5.43. The third-order valence-electron chi connectivity index (χ3n) is 2.91. The van der Waals surface area contributed by atoms with Crippen molar-refractivity contribution in [3.63, 3.8) is 0 Å². The van der Waals surface area contributed by atoms with Crippen molar-refractivity contribution < 1.29 is 5.11 Å². The molecule has 3 nitrogen and oxygen atoms in total. The Hall–Kier alpha value is -2.20. The van der Waals surface area contributed by atoms with Crippen LogP contribution in [-0.4, -0.2) is 5.11 Å². The zero-order valence-electron chi connectivity index (χ0n) is 10.5. The van der Waals surface area contributed by atoms with E-state index in [1.54, 1.807) is 12.1 Å². The zero-order chi connectivity index (χ0) is 13.9. The lowest BCUT2D eigenvalue weighted by Gasteiger charge is -2.02. The van der Waals surface area contributed by atoms with Gasteiger partial charge < -0.3 is 5.11 Å². The number of hydrogen-bond acceptors (Lipinski definition) is 3. The Balaban J connectivity index is 2.06. The number of fused-ring (bicyclic) bond motifs is 1. The summed E-state index contributed by atoms with van der Waals surface area (Å²) in [5.74, 6) is 0.187. The highest BCUT2D eigenvalue weighted by Gasteiger charge is 2.02. The molecule has 0 unspecified atom stereocenters. The molecule has 0 aromatic heterocycles. The third-order valence-corrected chi connectivity index (χ3v) is 3.40. The van der Waals surface area contributed by atoms with Gasteiger partial charge in [0.05, 0.1) is 11.4 Å². The van der Waals surface area contributed by atoms with Crippen molar-refractivity contribution in [2.45, 2.75) is 0 Å². The van der Waals surface area contributed by atoms with E-state index in [1.165, 1.54) is 0 Å². The van der Waals surface area contributed by atoms with Gasteiger partial charge in [-0.1, -0.05) is 46.3 Å². The predicted octanol–water partition coefficient (Wildman–Crippen LogP) is 5.72. The van der Waals surface area contributed by atoms with Gasteiger partial charge in [0.25, 0.3) is 0 Å².